The molecular weight excluding hydrogens is 801 g/mol. The summed E-state index contributed by atoms with van der Waals surface area (Å²) in [5, 5.41) is 0. The van der Waals surface area contributed by atoms with Crippen LogP contribution >= 0.6 is 0 Å². The number of nitrogens with one attached hydrogen (secondary N) is 2. The van der Waals surface area contributed by atoms with E-state index in [1.54, 1.807) is 36.4 Å². The van der Waals surface area contributed by atoms with E-state index in [1.165, 1.54) is 12.2 Å². The molecule has 0 radical (unpaired) electrons. The predicted octanol–water partition coefficient (Wildman–Crippen LogP) is 3.22. The number of H-pyrrole nitrogens is 2. The smallest absolute Gasteiger partial charge is 0.300 e. The zero-order valence-corrected chi connectivity index (χ0v) is 30.2. The van der Waals surface area contributed by atoms with E-state index in [2.05, 4.69) is 19.9 Å². The lowest BCUT2D eigenvalue weighted by Gasteiger charge is -2.22. The number of hydrogen-bond acceptors (Lipinski definition) is 14. The highest BCUT2D eigenvalue weighted by Crippen LogP contribution is 2.52. The second-order valence-corrected chi connectivity index (χ2v) is 16.9. The summed E-state index contributed by atoms with van der Waals surface area (Å²) in [6.07, 6.45) is 6.16. The fourth-order valence-corrected chi connectivity index (χ4v) is 6.20. The Hall–Kier alpha value is -5.34. The highest BCUT2D eigenvalue weighted by Gasteiger charge is 2.31. The van der Waals surface area contributed by atoms with Crippen LogP contribution < -0.4 is 18.9 Å². The van der Waals surface area contributed by atoms with E-state index < -0.39 is 87.2 Å². The van der Waals surface area contributed by atoms with Crippen molar-refractivity contribution in [1.82, 2.24) is 19.9 Å². The molecule has 0 unspecified atom stereocenters. The Balaban J connectivity index is 1.75. The minimum atomic E-state index is -5.06. The molecular formula is C30H26N4O16S4. The molecule has 0 amide bonds. The highest BCUT2D eigenvalue weighted by atomic mass is 32.2. The van der Waals surface area contributed by atoms with Crippen molar-refractivity contribution in [3.8, 4) is 34.1 Å². The number of hydrogen-bond donors (Lipinski definition) is 6. The third-order valence-electron chi connectivity index (χ3n) is 7.06. The lowest BCUT2D eigenvalue weighted by Crippen LogP contribution is -2.18. The van der Waals surface area contributed by atoms with Gasteiger partial charge in [-0.25, -0.2) is 9.97 Å². The summed E-state index contributed by atoms with van der Waals surface area (Å²) in [5.41, 5.74) is 3.20. The second-order valence-electron chi connectivity index (χ2n) is 11.3. The molecule has 4 aromatic rings. The SMILES string of the molecule is O=S(=O)(O)COc1cc(-c2c3nc(cc4ccc(cc5ccc(cc6nc2C=C6)[nH]5)[nH]4)C=C3)c(OCS(=O)(=O)O)c(OCS(=O)(=O)O)c1OCS(=O)(=O)O. The molecule has 0 spiro atoms. The molecule has 0 saturated heterocycles. The van der Waals surface area contributed by atoms with Gasteiger partial charge in [-0.1, -0.05) is 0 Å². The van der Waals surface area contributed by atoms with Crippen molar-refractivity contribution in [2.45, 2.75) is 0 Å². The Bertz CT molecular complexity index is 2750. The first-order valence-corrected chi connectivity index (χ1v) is 21.2. The van der Waals surface area contributed by atoms with Crippen LogP contribution in [-0.2, 0) is 40.5 Å². The average molecular weight is 827 g/mol. The maximum Gasteiger partial charge on any atom is 0.300 e. The lowest BCUT2D eigenvalue weighted by atomic mass is 9.99. The Morgan fingerprint density at radius 2 is 0.870 bits per heavy atom. The van der Waals surface area contributed by atoms with Crippen molar-refractivity contribution >= 4 is 86.8 Å². The summed E-state index contributed by atoms with van der Waals surface area (Å²) in [6.45, 7) is 0. The molecule has 0 aliphatic carbocycles. The van der Waals surface area contributed by atoms with E-state index >= 15 is 0 Å². The topological polar surface area (TPSA) is 312 Å². The van der Waals surface area contributed by atoms with Crippen LogP contribution in [-0.4, -0.2) is 95.6 Å². The minimum absolute atomic E-state index is 0.0610. The number of ether oxygens (including phenoxy) is 4. The monoisotopic (exact) mass is 826 g/mol. The molecule has 8 bridgehead atoms. The first kappa shape index (κ1) is 38.4. The molecule has 6 rings (SSSR count). The maximum atomic E-state index is 12.0. The van der Waals surface area contributed by atoms with E-state index in [-0.39, 0.29) is 22.5 Å². The van der Waals surface area contributed by atoms with Crippen LogP contribution in [0, 0.1) is 0 Å². The van der Waals surface area contributed by atoms with Crippen LogP contribution in [0.25, 0.3) is 57.5 Å². The number of aromatic nitrogens is 4. The van der Waals surface area contributed by atoms with Gasteiger partial charge in [0.05, 0.1) is 22.8 Å². The molecule has 0 atom stereocenters. The highest BCUT2D eigenvalue weighted by molar-refractivity contribution is 7.86. The van der Waals surface area contributed by atoms with Gasteiger partial charge in [0.15, 0.2) is 11.5 Å². The largest absolute Gasteiger partial charge is 0.471 e. The standard InChI is InChI=1S/C30H26N4O16S4/c35-51(36,37)13-47-26-12-23(28(48-14-52(38,39)40)30(50-16-54(44,45)46)29(26)49-15-53(41,42)43)27-24-7-5-21(33-24)10-19-3-1-17(31-19)9-18-2-4-20(32-18)11-22-6-8-25(27)34-22/h1-12,31-32H,13-16H2,(H,35,36,37)(H,38,39,40)(H,41,42,43)(H,44,45,46). The van der Waals surface area contributed by atoms with E-state index in [0.717, 1.165) is 17.1 Å². The van der Waals surface area contributed by atoms with Crippen LogP contribution in [0.4, 0.5) is 0 Å². The van der Waals surface area contributed by atoms with Crippen LogP contribution in [0.3, 0.4) is 0 Å². The number of aromatic amines is 2. The maximum absolute atomic E-state index is 12.0. The summed E-state index contributed by atoms with van der Waals surface area (Å²) >= 11 is 0. The van der Waals surface area contributed by atoms with Gasteiger partial charge in [-0.05, 0) is 72.8 Å². The Morgan fingerprint density at radius 1 is 0.481 bits per heavy atom. The van der Waals surface area contributed by atoms with Crippen molar-refractivity contribution in [3.63, 3.8) is 0 Å². The van der Waals surface area contributed by atoms with E-state index in [9.17, 15) is 51.9 Å². The van der Waals surface area contributed by atoms with Gasteiger partial charge in [0.1, 0.15) is 0 Å². The molecule has 0 fully saturated rings. The van der Waals surface area contributed by atoms with Crippen LogP contribution in [0.15, 0.2) is 48.5 Å². The zero-order chi connectivity index (χ0) is 39.1. The van der Waals surface area contributed by atoms with Crippen molar-refractivity contribution in [2.75, 3.05) is 23.8 Å². The molecule has 286 valence electrons. The van der Waals surface area contributed by atoms with Crippen LogP contribution in [0.1, 0.15) is 22.8 Å². The molecule has 3 aromatic heterocycles. The first-order valence-electron chi connectivity index (χ1n) is 14.8. The van der Waals surface area contributed by atoms with Crippen molar-refractivity contribution in [2.24, 2.45) is 0 Å². The average Bonchev–Trinajstić information content (AvgIpc) is 3.86. The third kappa shape index (κ3) is 9.99. The van der Waals surface area contributed by atoms with Crippen molar-refractivity contribution in [3.05, 3.63) is 71.3 Å². The van der Waals surface area contributed by atoms with E-state index in [1.807, 2.05) is 18.2 Å². The molecule has 6 N–H and O–H groups in total. The van der Waals surface area contributed by atoms with Gasteiger partial charge in [0.25, 0.3) is 0 Å². The lowest BCUT2D eigenvalue weighted by molar-refractivity contribution is 0.267. The molecule has 20 nitrogen and oxygen atoms in total. The van der Waals surface area contributed by atoms with E-state index in [4.69, 9.17) is 18.9 Å². The fourth-order valence-electron chi connectivity index (χ4n) is 5.13. The summed E-state index contributed by atoms with van der Waals surface area (Å²) in [4.78, 5) is 15.7. The van der Waals surface area contributed by atoms with Crippen molar-refractivity contribution < 1.29 is 70.8 Å². The Morgan fingerprint density at radius 3 is 1.31 bits per heavy atom. The van der Waals surface area contributed by atoms with Gasteiger partial charge in [0, 0.05) is 33.2 Å². The summed E-state index contributed by atoms with van der Waals surface area (Å²) in [7, 11) is -20.1. The van der Waals surface area contributed by atoms with Gasteiger partial charge in [0.2, 0.25) is 35.3 Å². The quantitative estimate of drug-likeness (QED) is 0.0910. The van der Waals surface area contributed by atoms with Crippen LogP contribution in [0.2, 0.25) is 0 Å². The molecule has 2 aliphatic heterocycles. The number of fused-ring (bicyclic) bond motifs is 8. The number of benzene rings is 1. The number of nitrogens with zero attached hydrogens (tertiary/aromatic N) is 2. The molecule has 2 aliphatic rings. The van der Waals surface area contributed by atoms with Crippen molar-refractivity contribution in [1.29, 1.82) is 0 Å². The summed E-state index contributed by atoms with van der Waals surface area (Å²) in [5.74, 6) is -10.1. The van der Waals surface area contributed by atoms with Gasteiger partial charge in [-0.2, -0.15) is 33.7 Å². The summed E-state index contributed by atoms with van der Waals surface area (Å²) in [6, 6.07) is 13.3. The second kappa shape index (κ2) is 14.5. The normalized spacial score (nSPS) is 13.2. The molecule has 24 heteroatoms. The minimum Gasteiger partial charge on any atom is -0.471 e. The number of rotatable bonds is 13. The first-order chi connectivity index (χ1) is 25.2. The van der Waals surface area contributed by atoms with Crippen LogP contribution in [0.5, 0.6) is 23.0 Å². The molecule has 1 aromatic carbocycles. The molecule has 0 saturated carbocycles. The van der Waals surface area contributed by atoms with Gasteiger partial charge < -0.3 is 28.9 Å². The zero-order valence-electron chi connectivity index (χ0n) is 27.0. The molecule has 54 heavy (non-hydrogen) atoms. The predicted molar refractivity (Wildman–Crippen MR) is 192 cm³/mol. The van der Waals surface area contributed by atoms with Gasteiger partial charge in [-0.15, -0.1) is 0 Å². The van der Waals surface area contributed by atoms with Gasteiger partial charge in [-0.3, -0.25) is 18.2 Å². The molecule has 5 heterocycles. The Labute approximate surface area is 305 Å². The van der Waals surface area contributed by atoms with Gasteiger partial charge >= 0.3 is 40.5 Å². The summed E-state index contributed by atoms with van der Waals surface area (Å²) < 4.78 is 154. The van der Waals surface area contributed by atoms with E-state index in [0.29, 0.717) is 22.4 Å². The Kier molecular flexibility index (Phi) is 10.3. The fraction of sp³-hybridized carbons (Fsp3) is 0.133. The third-order valence-corrected chi connectivity index (χ3v) is 8.72.